The summed E-state index contributed by atoms with van der Waals surface area (Å²) in [6, 6.07) is 3.41. The van der Waals surface area contributed by atoms with Gasteiger partial charge in [-0.1, -0.05) is 11.8 Å². The minimum absolute atomic E-state index is 0.0193. The molecule has 0 unspecified atom stereocenters. The Hall–Kier alpha value is -2.73. The Morgan fingerprint density at radius 1 is 1.35 bits per heavy atom. The van der Waals surface area contributed by atoms with E-state index in [1.165, 1.54) is 24.2 Å². The SMILES string of the molecule is C[C@@]1(c2cc(CC(=O)c3cnc(OCF)cn3)ccn2)C[C@@H](COC(F)F)SC(N)=N1. The molecule has 0 aromatic carbocycles. The Morgan fingerprint density at radius 2 is 2.16 bits per heavy atom. The number of hydrogen-bond donors (Lipinski definition) is 1. The average Bonchev–Trinajstić information content (AvgIpc) is 2.73. The molecule has 0 saturated carbocycles. The van der Waals surface area contributed by atoms with E-state index in [0.29, 0.717) is 17.7 Å². The lowest BCUT2D eigenvalue weighted by molar-refractivity contribution is -0.128. The van der Waals surface area contributed by atoms with Crippen LogP contribution in [-0.2, 0) is 16.7 Å². The molecule has 0 aliphatic carbocycles. The standard InChI is InChI=1S/C19H20F3N5O3S/c1-19(6-12(9-29-17(21)22)31-18(23)27-19)15-5-11(2-3-24-15)4-14(28)13-7-26-16(8-25-13)30-10-20/h2-3,5,7-8,12,17H,4,6,9-10H2,1H3,(H2,23,27)/t12-,19-/m0/s1. The van der Waals surface area contributed by atoms with Gasteiger partial charge in [0.25, 0.3) is 0 Å². The fraction of sp³-hybridized carbons (Fsp3) is 0.421. The van der Waals surface area contributed by atoms with Crippen molar-refractivity contribution in [1.29, 1.82) is 0 Å². The summed E-state index contributed by atoms with van der Waals surface area (Å²) in [7, 11) is 0. The highest BCUT2D eigenvalue weighted by atomic mass is 32.2. The van der Waals surface area contributed by atoms with Gasteiger partial charge in [0.1, 0.15) is 11.2 Å². The number of ether oxygens (including phenoxy) is 2. The molecule has 1 aliphatic rings. The van der Waals surface area contributed by atoms with Gasteiger partial charge in [-0.2, -0.15) is 8.78 Å². The average molecular weight is 455 g/mol. The van der Waals surface area contributed by atoms with Crippen molar-refractivity contribution >= 4 is 22.7 Å². The third-order valence-corrected chi connectivity index (χ3v) is 5.50. The van der Waals surface area contributed by atoms with E-state index < -0.39 is 19.0 Å². The van der Waals surface area contributed by atoms with Gasteiger partial charge in [-0.3, -0.25) is 9.78 Å². The molecular formula is C19H20F3N5O3S. The predicted molar refractivity (Wildman–Crippen MR) is 108 cm³/mol. The second-order valence-electron chi connectivity index (χ2n) is 6.90. The van der Waals surface area contributed by atoms with E-state index in [-0.39, 0.29) is 40.8 Å². The molecule has 0 amide bonds. The molecule has 8 nitrogen and oxygen atoms in total. The highest BCUT2D eigenvalue weighted by molar-refractivity contribution is 8.14. The van der Waals surface area contributed by atoms with Crippen molar-refractivity contribution in [2.24, 2.45) is 10.7 Å². The largest absolute Gasteiger partial charge is 0.445 e. The van der Waals surface area contributed by atoms with E-state index in [9.17, 15) is 18.0 Å². The van der Waals surface area contributed by atoms with Crippen LogP contribution in [0.4, 0.5) is 13.2 Å². The van der Waals surface area contributed by atoms with Crippen LogP contribution in [0.1, 0.15) is 35.1 Å². The van der Waals surface area contributed by atoms with E-state index in [4.69, 9.17) is 5.73 Å². The Morgan fingerprint density at radius 3 is 2.84 bits per heavy atom. The van der Waals surface area contributed by atoms with Crippen LogP contribution in [0.3, 0.4) is 0 Å². The molecule has 2 atom stereocenters. The number of aromatic nitrogens is 3. The molecule has 0 saturated heterocycles. The highest BCUT2D eigenvalue weighted by Crippen LogP contribution is 2.38. The molecule has 0 spiro atoms. The summed E-state index contributed by atoms with van der Waals surface area (Å²) in [6.45, 7) is -2.27. The topological polar surface area (TPSA) is 113 Å². The smallest absolute Gasteiger partial charge is 0.345 e. The lowest BCUT2D eigenvalue weighted by atomic mass is 9.90. The molecule has 3 rings (SSSR count). The Balaban J connectivity index is 1.74. The zero-order valence-electron chi connectivity index (χ0n) is 16.5. The van der Waals surface area contributed by atoms with Crippen LogP contribution >= 0.6 is 11.8 Å². The number of ketones is 1. The number of halogens is 3. The number of hydrogen-bond acceptors (Lipinski definition) is 9. The third-order valence-electron chi connectivity index (χ3n) is 4.53. The maximum absolute atomic E-state index is 12.5. The van der Waals surface area contributed by atoms with Crippen LogP contribution < -0.4 is 10.5 Å². The van der Waals surface area contributed by atoms with Gasteiger partial charge >= 0.3 is 6.61 Å². The number of alkyl halides is 3. The maximum atomic E-state index is 12.5. The van der Waals surface area contributed by atoms with Gasteiger partial charge in [0.05, 0.1) is 24.7 Å². The minimum atomic E-state index is -2.86. The third kappa shape index (κ3) is 6.14. The first kappa shape index (κ1) is 22.9. The number of thioether (sulfide) groups is 1. The summed E-state index contributed by atoms with van der Waals surface area (Å²) in [5.74, 6) is -0.318. The predicted octanol–water partition coefficient (Wildman–Crippen LogP) is 2.88. The number of Topliss-reactive ketones (excluding diaryl/α,β-unsaturated/α-hetero) is 1. The second-order valence-corrected chi connectivity index (χ2v) is 8.23. The molecule has 0 radical (unpaired) electrons. The van der Waals surface area contributed by atoms with Crippen LogP contribution in [-0.4, -0.2) is 51.2 Å². The van der Waals surface area contributed by atoms with E-state index >= 15 is 0 Å². The molecule has 2 aromatic rings. The van der Waals surface area contributed by atoms with Crippen LogP contribution in [0.15, 0.2) is 35.7 Å². The first-order chi connectivity index (χ1) is 14.8. The first-order valence-electron chi connectivity index (χ1n) is 9.20. The van der Waals surface area contributed by atoms with Crippen molar-refractivity contribution in [3.63, 3.8) is 0 Å². The van der Waals surface area contributed by atoms with Gasteiger partial charge in [-0.05, 0) is 31.0 Å². The van der Waals surface area contributed by atoms with Gasteiger partial charge < -0.3 is 15.2 Å². The Kier molecular flexibility index (Phi) is 7.44. The number of amidine groups is 1. The van der Waals surface area contributed by atoms with E-state index in [0.717, 1.165) is 0 Å². The number of carbonyl (C=O) groups excluding carboxylic acids is 1. The van der Waals surface area contributed by atoms with Crippen molar-refractivity contribution in [3.8, 4) is 5.88 Å². The zero-order chi connectivity index (χ0) is 22.4. The summed E-state index contributed by atoms with van der Waals surface area (Å²) >= 11 is 1.18. The van der Waals surface area contributed by atoms with Crippen molar-refractivity contribution in [3.05, 3.63) is 47.7 Å². The highest BCUT2D eigenvalue weighted by Gasteiger charge is 2.36. The molecular weight excluding hydrogens is 435 g/mol. The molecule has 0 fully saturated rings. The lowest BCUT2D eigenvalue weighted by Crippen LogP contribution is -2.36. The molecule has 31 heavy (non-hydrogen) atoms. The number of nitrogens with zero attached hydrogens (tertiary/aromatic N) is 4. The maximum Gasteiger partial charge on any atom is 0.345 e. The van der Waals surface area contributed by atoms with Crippen LogP contribution in [0.5, 0.6) is 5.88 Å². The summed E-state index contributed by atoms with van der Waals surface area (Å²) in [6.07, 6.45) is 4.34. The van der Waals surface area contributed by atoms with Gasteiger partial charge in [0.15, 0.2) is 11.0 Å². The van der Waals surface area contributed by atoms with Gasteiger partial charge in [-0.15, -0.1) is 0 Å². The summed E-state index contributed by atoms with van der Waals surface area (Å²) < 4.78 is 46.0. The van der Waals surface area contributed by atoms with E-state index in [1.54, 1.807) is 25.3 Å². The number of pyridine rings is 1. The first-order valence-corrected chi connectivity index (χ1v) is 10.1. The van der Waals surface area contributed by atoms with Crippen molar-refractivity contribution in [2.75, 3.05) is 13.5 Å². The fourth-order valence-electron chi connectivity index (χ4n) is 3.15. The number of nitrogens with two attached hydrogens (primary N) is 1. The molecule has 2 N–H and O–H groups in total. The minimum Gasteiger partial charge on any atom is -0.445 e. The fourth-order valence-corrected chi connectivity index (χ4v) is 4.30. The van der Waals surface area contributed by atoms with E-state index in [1.807, 2.05) is 0 Å². The van der Waals surface area contributed by atoms with Crippen molar-refractivity contribution in [1.82, 2.24) is 15.0 Å². The summed E-state index contributed by atoms with van der Waals surface area (Å²) in [5, 5.41) is -0.0605. The van der Waals surface area contributed by atoms with Crippen molar-refractivity contribution < 1.29 is 27.4 Å². The Bertz CT molecular complexity index is 948. The monoisotopic (exact) mass is 455 g/mol. The number of aliphatic imine (C=N–C) groups is 1. The van der Waals surface area contributed by atoms with Crippen LogP contribution in [0, 0.1) is 0 Å². The van der Waals surface area contributed by atoms with Crippen molar-refractivity contribution in [2.45, 2.75) is 37.2 Å². The second kappa shape index (κ2) is 10.1. The summed E-state index contributed by atoms with van der Waals surface area (Å²) in [4.78, 5) is 29.1. The summed E-state index contributed by atoms with van der Waals surface area (Å²) in [5.41, 5.74) is 6.39. The van der Waals surface area contributed by atoms with Crippen LogP contribution in [0.2, 0.25) is 0 Å². The Labute approximate surface area is 180 Å². The lowest BCUT2D eigenvalue weighted by Gasteiger charge is -2.33. The number of carbonyl (C=O) groups is 1. The molecule has 3 heterocycles. The molecule has 166 valence electrons. The molecule has 1 aliphatic heterocycles. The van der Waals surface area contributed by atoms with E-state index in [2.05, 4.69) is 29.4 Å². The van der Waals surface area contributed by atoms with Gasteiger partial charge in [-0.25, -0.2) is 19.4 Å². The zero-order valence-corrected chi connectivity index (χ0v) is 17.3. The molecule has 2 aromatic heterocycles. The molecule has 12 heteroatoms. The molecule has 0 bridgehead atoms. The quantitative estimate of drug-likeness (QED) is 0.575. The van der Waals surface area contributed by atoms with Gasteiger partial charge in [0, 0.05) is 17.9 Å². The normalized spacial score (nSPS) is 21.1. The number of rotatable bonds is 9. The van der Waals surface area contributed by atoms with Gasteiger partial charge in [0.2, 0.25) is 12.7 Å². The van der Waals surface area contributed by atoms with Crippen LogP contribution in [0.25, 0.3) is 0 Å².